The predicted molar refractivity (Wildman–Crippen MR) is 66.3 cm³/mol. The van der Waals surface area contributed by atoms with Crippen LogP contribution in [0.4, 0.5) is 5.69 Å². The molecule has 0 bridgehead atoms. The fourth-order valence-electron chi connectivity index (χ4n) is 2.43. The summed E-state index contributed by atoms with van der Waals surface area (Å²) in [4.78, 5) is 2.58. The van der Waals surface area contributed by atoms with E-state index >= 15 is 0 Å². The molecule has 2 aliphatic rings. The summed E-state index contributed by atoms with van der Waals surface area (Å²) >= 11 is 3.64. The van der Waals surface area contributed by atoms with Crippen molar-refractivity contribution in [2.45, 2.75) is 18.9 Å². The molecule has 1 saturated heterocycles. The Hall–Kier alpha value is -0.540. The first-order valence-corrected chi connectivity index (χ1v) is 6.39. The van der Waals surface area contributed by atoms with Crippen LogP contribution in [0.25, 0.3) is 0 Å². The van der Waals surface area contributed by atoms with Gasteiger partial charge in [-0.15, -0.1) is 0 Å². The smallest absolute Gasteiger partial charge is 0.0385 e. The average molecular weight is 267 g/mol. The Kier molecular flexibility index (Phi) is 2.45. The van der Waals surface area contributed by atoms with Gasteiger partial charge in [0.2, 0.25) is 0 Å². The van der Waals surface area contributed by atoms with E-state index in [1.54, 1.807) is 0 Å². The summed E-state index contributed by atoms with van der Waals surface area (Å²) in [6.07, 6.45) is 2.56. The Bertz CT molecular complexity index is 374. The van der Waals surface area contributed by atoms with Gasteiger partial charge in [0.05, 0.1) is 0 Å². The van der Waals surface area contributed by atoms with Crippen molar-refractivity contribution in [2.24, 2.45) is 0 Å². The van der Waals surface area contributed by atoms with Crippen molar-refractivity contribution in [3.05, 3.63) is 28.2 Å². The molecule has 1 N–H and O–H groups in total. The molecule has 2 aliphatic heterocycles. The fourth-order valence-corrected chi connectivity index (χ4v) is 2.96. The largest absolute Gasteiger partial charge is 0.383 e. The lowest BCUT2D eigenvalue weighted by Gasteiger charge is -2.41. The van der Waals surface area contributed by atoms with Crippen LogP contribution in [0, 0.1) is 0 Å². The van der Waals surface area contributed by atoms with E-state index in [9.17, 15) is 0 Å². The molecule has 15 heavy (non-hydrogen) atoms. The molecule has 3 heteroatoms. The first-order chi connectivity index (χ1) is 7.34. The summed E-state index contributed by atoms with van der Waals surface area (Å²) in [5, 5.41) is 3.53. The molecular formula is C12H15BrN2. The van der Waals surface area contributed by atoms with Crippen LogP contribution in [-0.2, 0) is 6.42 Å². The summed E-state index contributed by atoms with van der Waals surface area (Å²) in [5.41, 5.74) is 2.75. The molecule has 1 aromatic carbocycles. The standard InChI is InChI=1S/C12H15BrN2/c13-11-3-1-4-12-10(11)7-9(8-14-12)15-5-2-6-15/h1,3-4,9,14H,2,5-8H2. The fraction of sp³-hybridized carbons (Fsp3) is 0.500. The number of rotatable bonds is 1. The minimum atomic E-state index is 0.699. The van der Waals surface area contributed by atoms with Crippen LogP contribution in [0.5, 0.6) is 0 Å². The Morgan fingerprint density at radius 1 is 1.33 bits per heavy atom. The van der Waals surface area contributed by atoms with Crippen LogP contribution in [0.1, 0.15) is 12.0 Å². The summed E-state index contributed by atoms with van der Waals surface area (Å²) in [6, 6.07) is 7.11. The van der Waals surface area contributed by atoms with Gasteiger partial charge in [-0.2, -0.15) is 0 Å². The summed E-state index contributed by atoms with van der Waals surface area (Å²) in [6.45, 7) is 3.67. The third-order valence-corrected chi connectivity index (χ3v) is 4.24. The molecule has 0 aliphatic carbocycles. The predicted octanol–water partition coefficient (Wildman–Crippen LogP) is 2.49. The molecule has 0 aromatic heterocycles. The first-order valence-electron chi connectivity index (χ1n) is 5.60. The highest BCUT2D eigenvalue weighted by Gasteiger charge is 2.28. The van der Waals surface area contributed by atoms with Gasteiger partial charge in [0.15, 0.2) is 0 Å². The second kappa shape index (κ2) is 3.80. The van der Waals surface area contributed by atoms with E-state index in [2.05, 4.69) is 44.3 Å². The van der Waals surface area contributed by atoms with E-state index in [1.165, 1.54) is 41.7 Å². The topological polar surface area (TPSA) is 15.3 Å². The number of anilines is 1. The van der Waals surface area contributed by atoms with Crippen molar-refractivity contribution in [2.75, 3.05) is 25.0 Å². The van der Waals surface area contributed by atoms with Crippen molar-refractivity contribution in [1.29, 1.82) is 0 Å². The Balaban J connectivity index is 1.85. The molecular weight excluding hydrogens is 252 g/mol. The molecule has 0 saturated carbocycles. The minimum absolute atomic E-state index is 0.699. The number of nitrogens with one attached hydrogen (secondary N) is 1. The number of hydrogen-bond donors (Lipinski definition) is 1. The zero-order valence-corrected chi connectivity index (χ0v) is 10.3. The maximum Gasteiger partial charge on any atom is 0.0385 e. The molecule has 3 rings (SSSR count). The van der Waals surface area contributed by atoms with Gasteiger partial charge in [-0.25, -0.2) is 0 Å². The lowest BCUT2D eigenvalue weighted by Crippen LogP contribution is -2.50. The van der Waals surface area contributed by atoms with Gasteiger partial charge in [0, 0.05) is 22.7 Å². The molecule has 1 atom stereocenters. The Morgan fingerprint density at radius 2 is 2.20 bits per heavy atom. The molecule has 0 spiro atoms. The highest BCUT2D eigenvalue weighted by atomic mass is 79.9. The van der Waals surface area contributed by atoms with E-state index in [1.807, 2.05) is 0 Å². The third kappa shape index (κ3) is 1.68. The molecule has 1 unspecified atom stereocenters. The van der Waals surface area contributed by atoms with Crippen molar-refractivity contribution in [1.82, 2.24) is 4.90 Å². The van der Waals surface area contributed by atoms with Gasteiger partial charge in [-0.3, -0.25) is 4.90 Å². The van der Waals surface area contributed by atoms with E-state index in [-0.39, 0.29) is 0 Å². The van der Waals surface area contributed by atoms with Crippen LogP contribution in [0.2, 0.25) is 0 Å². The maximum atomic E-state index is 3.64. The second-order valence-corrected chi connectivity index (χ2v) is 5.25. The quantitative estimate of drug-likeness (QED) is 0.841. The van der Waals surface area contributed by atoms with Crippen LogP contribution in [-0.4, -0.2) is 30.6 Å². The lowest BCUT2D eigenvalue weighted by molar-refractivity contribution is 0.122. The van der Waals surface area contributed by atoms with E-state index < -0.39 is 0 Å². The van der Waals surface area contributed by atoms with Gasteiger partial charge in [0.1, 0.15) is 0 Å². The van der Waals surface area contributed by atoms with E-state index in [0.717, 1.165) is 6.54 Å². The number of likely N-dealkylation sites (tertiary alicyclic amines) is 1. The number of hydrogen-bond acceptors (Lipinski definition) is 2. The van der Waals surface area contributed by atoms with Gasteiger partial charge >= 0.3 is 0 Å². The van der Waals surface area contributed by atoms with Gasteiger partial charge in [0.25, 0.3) is 0 Å². The normalized spacial score (nSPS) is 25.3. The molecule has 2 nitrogen and oxygen atoms in total. The molecule has 0 amide bonds. The van der Waals surface area contributed by atoms with Gasteiger partial charge in [-0.05, 0) is 43.6 Å². The van der Waals surface area contributed by atoms with Gasteiger partial charge < -0.3 is 5.32 Å². The number of benzene rings is 1. The van der Waals surface area contributed by atoms with Crippen molar-refractivity contribution in [3.8, 4) is 0 Å². The monoisotopic (exact) mass is 266 g/mol. The van der Waals surface area contributed by atoms with Crippen molar-refractivity contribution >= 4 is 21.6 Å². The van der Waals surface area contributed by atoms with Crippen molar-refractivity contribution < 1.29 is 0 Å². The summed E-state index contributed by atoms with van der Waals surface area (Å²) < 4.78 is 1.25. The summed E-state index contributed by atoms with van der Waals surface area (Å²) in [5.74, 6) is 0. The zero-order valence-electron chi connectivity index (χ0n) is 8.67. The Labute approximate surface area is 98.8 Å². The van der Waals surface area contributed by atoms with E-state index in [4.69, 9.17) is 0 Å². The van der Waals surface area contributed by atoms with Crippen molar-refractivity contribution in [3.63, 3.8) is 0 Å². The van der Waals surface area contributed by atoms with E-state index in [0.29, 0.717) is 6.04 Å². The molecule has 1 aromatic rings. The third-order valence-electron chi connectivity index (χ3n) is 3.49. The van der Waals surface area contributed by atoms with Crippen LogP contribution >= 0.6 is 15.9 Å². The second-order valence-electron chi connectivity index (χ2n) is 4.39. The van der Waals surface area contributed by atoms with Gasteiger partial charge in [-0.1, -0.05) is 22.0 Å². The minimum Gasteiger partial charge on any atom is -0.383 e. The number of fused-ring (bicyclic) bond motifs is 1. The Morgan fingerprint density at radius 3 is 2.93 bits per heavy atom. The number of halogens is 1. The molecule has 1 fully saturated rings. The summed E-state index contributed by atoms with van der Waals surface area (Å²) in [7, 11) is 0. The van der Waals surface area contributed by atoms with Crippen LogP contribution in [0.3, 0.4) is 0 Å². The average Bonchev–Trinajstić information content (AvgIpc) is 2.17. The van der Waals surface area contributed by atoms with Crippen LogP contribution < -0.4 is 5.32 Å². The molecule has 2 heterocycles. The molecule has 0 radical (unpaired) electrons. The highest BCUT2D eigenvalue weighted by Crippen LogP contribution is 2.31. The lowest BCUT2D eigenvalue weighted by atomic mass is 9.96. The highest BCUT2D eigenvalue weighted by molar-refractivity contribution is 9.10. The molecule has 80 valence electrons. The first kappa shape index (κ1) is 9.67. The zero-order chi connectivity index (χ0) is 10.3. The SMILES string of the molecule is Brc1cccc2c1CC(N1CCC1)CN2. The number of nitrogens with zero attached hydrogens (tertiary/aromatic N) is 1. The maximum absolute atomic E-state index is 3.64. The van der Waals surface area contributed by atoms with Crippen LogP contribution in [0.15, 0.2) is 22.7 Å².